The molecule has 2 rings (SSSR count). The molecule has 5 nitrogen and oxygen atoms in total. The lowest BCUT2D eigenvalue weighted by Gasteiger charge is -2.01. The molecule has 0 spiro atoms. The lowest BCUT2D eigenvalue weighted by Crippen LogP contribution is -1.98. The Labute approximate surface area is 98.4 Å². The van der Waals surface area contributed by atoms with Crippen LogP contribution in [0.5, 0.6) is 0 Å². The van der Waals surface area contributed by atoms with E-state index in [4.69, 9.17) is 9.95 Å². The van der Waals surface area contributed by atoms with Crippen LogP contribution in [0, 0.1) is 0 Å². The van der Waals surface area contributed by atoms with Gasteiger partial charge in [-0.15, -0.1) is 0 Å². The maximum atomic E-state index is 11.2. The molecule has 0 unspecified atom stereocenters. The summed E-state index contributed by atoms with van der Waals surface area (Å²) in [5, 5.41) is 4.84. The topological polar surface area (TPSA) is 79.0 Å². The number of hydrogen-bond acceptors (Lipinski definition) is 3. The van der Waals surface area contributed by atoms with E-state index in [1.807, 2.05) is 0 Å². The molecule has 0 N–H and O–H groups in total. The molecule has 16 heavy (non-hydrogen) atoms. The molecule has 2 aromatic rings. The Morgan fingerprint density at radius 1 is 1.44 bits per heavy atom. The quantitative estimate of drug-likeness (QED) is 0.277. The molecule has 0 saturated heterocycles. The Balaban J connectivity index is 2.78. The maximum Gasteiger partial charge on any atom is 0.336 e. The second-order valence-electron chi connectivity index (χ2n) is 3.09. The summed E-state index contributed by atoms with van der Waals surface area (Å²) in [5.74, 6) is 0. The lowest BCUT2D eigenvalue weighted by molar-refractivity contribution is 0.560. The summed E-state index contributed by atoms with van der Waals surface area (Å²) in [7, 11) is 0. The monoisotopic (exact) mass is 279 g/mol. The summed E-state index contributed by atoms with van der Waals surface area (Å²) in [6, 6.07) is 6.42. The zero-order valence-corrected chi connectivity index (χ0v) is 9.64. The van der Waals surface area contributed by atoms with Crippen LogP contribution in [0.25, 0.3) is 21.4 Å². The highest BCUT2D eigenvalue weighted by atomic mass is 79.9. The van der Waals surface area contributed by atoms with Crippen molar-refractivity contribution in [3.05, 3.63) is 50.7 Å². The van der Waals surface area contributed by atoms with Gasteiger partial charge in [0.1, 0.15) is 5.58 Å². The van der Waals surface area contributed by atoms with E-state index in [0.717, 1.165) is 10.9 Å². The number of benzene rings is 1. The summed E-state index contributed by atoms with van der Waals surface area (Å²) in [4.78, 5) is 13.9. The molecule has 0 amide bonds. The molecular weight excluding hydrogens is 274 g/mol. The van der Waals surface area contributed by atoms with Crippen LogP contribution >= 0.6 is 15.9 Å². The molecular formula is C10H6BrN3O2. The van der Waals surface area contributed by atoms with Crippen LogP contribution in [-0.2, 0) is 5.33 Å². The van der Waals surface area contributed by atoms with E-state index in [1.54, 1.807) is 18.2 Å². The highest BCUT2D eigenvalue weighted by Gasteiger charge is 2.04. The first-order valence-corrected chi connectivity index (χ1v) is 5.54. The molecule has 0 bridgehead atoms. The molecule has 0 atom stereocenters. The van der Waals surface area contributed by atoms with Gasteiger partial charge in [0.05, 0.1) is 0 Å². The fourth-order valence-corrected chi connectivity index (χ4v) is 1.91. The van der Waals surface area contributed by atoms with Gasteiger partial charge in [-0.05, 0) is 17.2 Å². The van der Waals surface area contributed by atoms with Crippen LogP contribution < -0.4 is 5.63 Å². The second kappa shape index (κ2) is 4.38. The maximum absolute atomic E-state index is 11.2. The standard InChI is InChI=1S/C10H6BrN3O2/c11-5-6-3-10(15)16-9-4-7(13-14-12)1-2-8(6)9/h1-4H,5H2. The number of azide groups is 1. The van der Waals surface area contributed by atoms with Gasteiger partial charge < -0.3 is 4.42 Å². The third-order valence-corrected chi connectivity index (χ3v) is 2.72. The van der Waals surface area contributed by atoms with Crippen LogP contribution in [0.4, 0.5) is 5.69 Å². The molecule has 80 valence electrons. The number of hydrogen-bond donors (Lipinski definition) is 0. The number of halogens is 1. The van der Waals surface area contributed by atoms with Gasteiger partial charge in [0, 0.05) is 27.4 Å². The molecule has 0 radical (unpaired) electrons. The molecule has 6 heteroatoms. The molecule has 1 heterocycles. The summed E-state index contributed by atoms with van der Waals surface area (Å²) in [6.07, 6.45) is 0. The Bertz CT molecular complexity index is 644. The van der Waals surface area contributed by atoms with Crippen LogP contribution in [0.15, 0.2) is 38.6 Å². The van der Waals surface area contributed by atoms with E-state index in [9.17, 15) is 4.79 Å². The summed E-state index contributed by atoms with van der Waals surface area (Å²) >= 11 is 3.30. The molecule has 0 saturated carbocycles. The third kappa shape index (κ3) is 1.93. The fraction of sp³-hybridized carbons (Fsp3) is 0.100. The van der Waals surface area contributed by atoms with Crippen molar-refractivity contribution in [2.24, 2.45) is 5.11 Å². The molecule has 0 fully saturated rings. The number of fused-ring (bicyclic) bond motifs is 1. The summed E-state index contributed by atoms with van der Waals surface area (Å²) in [5.41, 5.74) is 9.58. The van der Waals surface area contributed by atoms with E-state index < -0.39 is 5.63 Å². The highest BCUT2D eigenvalue weighted by Crippen LogP contribution is 2.24. The summed E-state index contributed by atoms with van der Waals surface area (Å²) in [6.45, 7) is 0. The van der Waals surface area contributed by atoms with Gasteiger partial charge in [0.2, 0.25) is 0 Å². The first-order chi connectivity index (χ1) is 7.74. The zero-order valence-electron chi connectivity index (χ0n) is 8.05. The molecule has 0 aliphatic heterocycles. The average molecular weight is 280 g/mol. The van der Waals surface area contributed by atoms with Gasteiger partial charge in [0.15, 0.2) is 0 Å². The lowest BCUT2D eigenvalue weighted by atomic mass is 10.1. The zero-order chi connectivity index (χ0) is 11.5. The van der Waals surface area contributed by atoms with E-state index >= 15 is 0 Å². The summed E-state index contributed by atoms with van der Waals surface area (Å²) < 4.78 is 5.03. The van der Waals surface area contributed by atoms with Gasteiger partial charge in [-0.2, -0.15) is 0 Å². The van der Waals surface area contributed by atoms with E-state index in [2.05, 4.69) is 26.0 Å². The number of nitrogens with zero attached hydrogens (tertiary/aromatic N) is 3. The Morgan fingerprint density at radius 2 is 2.25 bits per heavy atom. The van der Waals surface area contributed by atoms with Crippen molar-refractivity contribution in [2.75, 3.05) is 0 Å². The van der Waals surface area contributed by atoms with Crippen molar-refractivity contribution in [1.82, 2.24) is 0 Å². The molecule has 0 aliphatic rings. The van der Waals surface area contributed by atoms with Crippen molar-refractivity contribution in [3.63, 3.8) is 0 Å². The smallest absolute Gasteiger partial charge is 0.336 e. The van der Waals surface area contributed by atoms with Crippen LogP contribution in [0.3, 0.4) is 0 Å². The molecule has 1 aromatic heterocycles. The number of rotatable bonds is 2. The van der Waals surface area contributed by atoms with Crippen LogP contribution in [0.2, 0.25) is 0 Å². The van der Waals surface area contributed by atoms with Gasteiger partial charge >= 0.3 is 5.63 Å². The van der Waals surface area contributed by atoms with E-state index in [1.165, 1.54) is 6.07 Å². The van der Waals surface area contributed by atoms with Crippen molar-refractivity contribution < 1.29 is 4.42 Å². The van der Waals surface area contributed by atoms with Gasteiger partial charge in [-0.1, -0.05) is 33.2 Å². The van der Waals surface area contributed by atoms with Crippen molar-refractivity contribution in [1.29, 1.82) is 0 Å². The second-order valence-corrected chi connectivity index (χ2v) is 3.65. The Kier molecular flexibility index (Phi) is 2.94. The SMILES string of the molecule is [N-]=[N+]=Nc1ccc2c(CBr)cc(=O)oc2c1. The number of alkyl halides is 1. The van der Waals surface area contributed by atoms with Crippen molar-refractivity contribution in [3.8, 4) is 0 Å². The fourth-order valence-electron chi connectivity index (χ4n) is 1.44. The van der Waals surface area contributed by atoms with Crippen molar-refractivity contribution in [2.45, 2.75) is 5.33 Å². The largest absolute Gasteiger partial charge is 0.423 e. The molecule has 0 aliphatic carbocycles. The average Bonchev–Trinajstić information content (AvgIpc) is 2.27. The van der Waals surface area contributed by atoms with Crippen molar-refractivity contribution >= 4 is 32.6 Å². The first kappa shape index (κ1) is 10.7. The van der Waals surface area contributed by atoms with Crippen LogP contribution in [-0.4, -0.2) is 0 Å². The minimum Gasteiger partial charge on any atom is -0.423 e. The first-order valence-electron chi connectivity index (χ1n) is 4.42. The molecule has 1 aromatic carbocycles. The minimum absolute atomic E-state index is 0.417. The normalized spacial score (nSPS) is 10.1. The van der Waals surface area contributed by atoms with E-state index in [-0.39, 0.29) is 0 Å². The third-order valence-electron chi connectivity index (χ3n) is 2.12. The Morgan fingerprint density at radius 3 is 2.94 bits per heavy atom. The van der Waals surface area contributed by atoms with E-state index in [0.29, 0.717) is 16.6 Å². The minimum atomic E-state index is -0.417. The van der Waals surface area contributed by atoms with Gasteiger partial charge in [-0.25, -0.2) is 4.79 Å². The predicted molar refractivity (Wildman–Crippen MR) is 63.9 cm³/mol. The predicted octanol–water partition coefficient (Wildman–Crippen LogP) is 3.63. The van der Waals surface area contributed by atoms with Crippen LogP contribution in [0.1, 0.15) is 5.56 Å². The Hall–Kier alpha value is -1.78. The van der Waals surface area contributed by atoms with Gasteiger partial charge in [0.25, 0.3) is 0 Å². The van der Waals surface area contributed by atoms with Gasteiger partial charge in [-0.3, -0.25) is 0 Å². The highest BCUT2D eigenvalue weighted by molar-refractivity contribution is 9.08.